The summed E-state index contributed by atoms with van der Waals surface area (Å²) < 4.78 is 11.0. The maximum atomic E-state index is 11.6. The number of carbonyl (C=O) groups is 1. The van der Waals surface area contributed by atoms with Crippen LogP contribution in [0.2, 0.25) is 0 Å². The number of carbonyl (C=O) groups excluding carboxylic acids is 1. The van der Waals surface area contributed by atoms with Crippen LogP contribution in [0, 0.1) is 0 Å². The van der Waals surface area contributed by atoms with Crippen molar-refractivity contribution in [3.63, 3.8) is 0 Å². The van der Waals surface area contributed by atoms with Gasteiger partial charge in [0, 0.05) is 5.39 Å². The van der Waals surface area contributed by atoms with Crippen molar-refractivity contribution >= 4 is 38.6 Å². The number of aldehydes is 1. The van der Waals surface area contributed by atoms with E-state index in [2.05, 4.69) is 30.3 Å². The van der Waals surface area contributed by atoms with Crippen molar-refractivity contribution in [1.82, 2.24) is 0 Å². The number of methoxy groups -OCH3 is 2. The largest absolute Gasteiger partial charge is 0.492 e. The van der Waals surface area contributed by atoms with Gasteiger partial charge in [0.15, 0.2) is 17.8 Å². The zero-order valence-corrected chi connectivity index (χ0v) is 13.5. The molecule has 0 amide bonds. The molecule has 3 heteroatoms. The summed E-state index contributed by atoms with van der Waals surface area (Å²) in [5, 5.41) is 6.50. The molecule has 4 aromatic rings. The monoisotopic (exact) mass is 316 g/mol. The maximum Gasteiger partial charge on any atom is 0.171 e. The second kappa shape index (κ2) is 5.53. The van der Waals surface area contributed by atoms with Gasteiger partial charge in [0.2, 0.25) is 0 Å². The summed E-state index contributed by atoms with van der Waals surface area (Å²) in [7, 11) is 3.15. The van der Waals surface area contributed by atoms with E-state index in [1.807, 2.05) is 24.3 Å². The number of ether oxygens (including phenoxy) is 2. The van der Waals surface area contributed by atoms with Gasteiger partial charge in [-0.3, -0.25) is 4.79 Å². The Balaban J connectivity index is 2.30. The summed E-state index contributed by atoms with van der Waals surface area (Å²) in [6.07, 6.45) is 0.810. The molecule has 0 saturated heterocycles. The van der Waals surface area contributed by atoms with E-state index in [1.165, 1.54) is 5.39 Å². The van der Waals surface area contributed by atoms with E-state index >= 15 is 0 Å². The molecular formula is C21H16O3. The van der Waals surface area contributed by atoms with Gasteiger partial charge in [-0.25, -0.2) is 0 Å². The number of hydrogen-bond donors (Lipinski definition) is 0. The Bertz CT molecular complexity index is 1100. The van der Waals surface area contributed by atoms with Crippen molar-refractivity contribution in [1.29, 1.82) is 0 Å². The SMILES string of the molecule is COc1c(C=O)cc2c(ccc3ccc4ccccc4c32)c1OC. The second-order valence-electron chi connectivity index (χ2n) is 5.70. The fourth-order valence-electron chi connectivity index (χ4n) is 3.45. The molecule has 0 atom stereocenters. The van der Waals surface area contributed by atoms with Crippen molar-refractivity contribution in [2.45, 2.75) is 0 Å². The Hall–Kier alpha value is -3.07. The molecule has 0 N–H and O–H groups in total. The van der Waals surface area contributed by atoms with Crippen LogP contribution in [-0.4, -0.2) is 20.5 Å². The molecule has 0 aliphatic heterocycles. The highest BCUT2D eigenvalue weighted by Crippen LogP contribution is 2.42. The van der Waals surface area contributed by atoms with Gasteiger partial charge in [0.25, 0.3) is 0 Å². The molecule has 0 saturated carbocycles. The van der Waals surface area contributed by atoms with Crippen LogP contribution in [0.3, 0.4) is 0 Å². The lowest BCUT2D eigenvalue weighted by atomic mass is 9.94. The van der Waals surface area contributed by atoms with E-state index in [4.69, 9.17) is 9.47 Å². The summed E-state index contributed by atoms with van der Waals surface area (Å²) >= 11 is 0. The molecular weight excluding hydrogens is 300 g/mol. The molecule has 0 heterocycles. The van der Waals surface area contributed by atoms with Gasteiger partial charge >= 0.3 is 0 Å². The van der Waals surface area contributed by atoms with Crippen LogP contribution in [0.1, 0.15) is 10.4 Å². The average molecular weight is 316 g/mol. The predicted molar refractivity (Wildman–Crippen MR) is 97.5 cm³/mol. The first kappa shape index (κ1) is 14.5. The molecule has 0 radical (unpaired) electrons. The highest BCUT2D eigenvalue weighted by atomic mass is 16.5. The van der Waals surface area contributed by atoms with Crippen LogP contribution < -0.4 is 9.47 Å². The summed E-state index contributed by atoms with van der Waals surface area (Å²) in [6.45, 7) is 0. The van der Waals surface area contributed by atoms with Crippen molar-refractivity contribution in [3.8, 4) is 11.5 Å². The van der Waals surface area contributed by atoms with Gasteiger partial charge < -0.3 is 9.47 Å². The Kier molecular flexibility index (Phi) is 3.35. The molecule has 0 spiro atoms. The molecule has 118 valence electrons. The molecule has 4 rings (SSSR count). The van der Waals surface area contributed by atoms with Crippen LogP contribution in [0.4, 0.5) is 0 Å². The quantitative estimate of drug-likeness (QED) is 0.395. The first-order valence-electron chi connectivity index (χ1n) is 7.73. The standard InChI is InChI=1S/C21H16O3/c1-23-20-15(12-22)11-18-17(21(20)24-2)10-9-14-8-7-13-5-3-4-6-16(13)19(14)18/h3-12H,1-2H3. The molecule has 0 unspecified atom stereocenters. The van der Waals surface area contributed by atoms with E-state index in [0.717, 1.165) is 33.2 Å². The van der Waals surface area contributed by atoms with Crippen LogP contribution >= 0.6 is 0 Å². The van der Waals surface area contributed by atoms with Crippen molar-refractivity contribution in [3.05, 3.63) is 60.2 Å². The molecule has 0 bridgehead atoms. The summed E-state index contributed by atoms with van der Waals surface area (Å²) in [5.74, 6) is 1.06. The van der Waals surface area contributed by atoms with E-state index in [1.54, 1.807) is 14.2 Å². The maximum absolute atomic E-state index is 11.6. The van der Waals surface area contributed by atoms with Gasteiger partial charge in [-0.2, -0.15) is 0 Å². The average Bonchev–Trinajstić information content (AvgIpc) is 2.65. The fourth-order valence-corrected chi connectivity index (χ4v) is 3.45. The van der Waals surface area contributed by atoms with Gasteiger partial charge in [0.1, 0.15) is 0 Å². The smallest absolute Gasteiger partial charge is 0.171 e. The molecule has 3 nitrogen and oxygen atoms in total. The lowest BCUT2D eigenvalue weighted by Gasteiger charge is -2.15. The van der Waals surface area contributed by atoms with Crippen LogP contribution in [-0.2, 0) is 0 Å². The first-order chi connectivity index (χ1) is 11.8. The number of hydrogen-bond acceptors (Lipinski definition) is 3. The zero-order valence-electron chi connectivity index (χ0n) is 13.5. The third-order valence-corrected chi connectivity index (χ3v) is 4.50. The number of fused-ring (bicyclic) bond motifs is 5. The minimum absolute atomic E-state index is 0.472. The van der Waals surface area contributed by atoms with Gasteiger partial charge in [-0.15, -0.1) is 0 Å². The van der Waals surface area contributed by atoms with E-state index < -0.39 is 0 Å². The Morgan fingerprint density at radius 2 is 1.46 bits per heavy atom. The van der Waals surface area contributed by atoms with Gasteiger partial charge in [-0.1, -0.05) is 42.5 Å². The Morgan fingerprint density at radius 1 is 0.750 bits per heavy atom. The van der Waals surface area contributed by atoms with Gasteiger partial charge in [0.05, 0.1) is 19.8 Å². The normalized spacial score (nSPS) is 11.1. The van der Waals surface area contributed by atoms with E-state index in [9.17, 15) is 4.79 Å². The minimum Gasteiger partial charge on any atom is -0.492 e. The lowest BCUT2D eigenvalue weighted by molar-refractivity contribution is 0.112. The highest BCUT2D eigenvalue weighted by Gasteiger charge is 2.17. The summed E-state index contributed by atoms with van der Waals surface area (Å²) in [4.78, 5) is 11.6. The van der Waals surface area contributed by atoms with Crippen molar-refractivity contribution < 1.29 is 14.3 Å². The van der Waals surface area contributed by atoms with E-state index in [0.29, 0.717) is 17.1 Å². The third kappa shape index (κ3) is 1.95. The highest BCUT2D eigenvalue weighted by molar-refractivity contribution is 6.22. The lowest BCUT2D eigenvalue weighted by Crippen LogP contribution is -1.97. The summed E-state index contributed by atoms with van der Waals surface area (Å²) in [5.41, 5.74) is 0.488. The topological polar surface area (TPSA) is 35.5 Å². The Morgan fingerprint density at radius 3 is 2.21 bits per heavy atom. The molecule has 0 aliphatic carbocycles. The van der Waals surface area contributed by atoms with Gasteiger partial charge in [-0.05, 0) is 39.1 Å². The van der Waals surface area contributed by atoms with Crippen LogP contribution in [0.5, 0.6) is 11.5 Å². The zero-order chi connectivity index (χ0) is 16.7. The van der Waals surface area contributed by atoms with Crippen molar-refractivity contribution in [2.24, 2.45) is 0 Å². The fraction of sp³-hybridized carbons (Fsp3) is 0.0952. The third-order valence-electron chi connectivity index (χ3n) is 4.50. The second-order valence-corrected chi connectivity index (χ2v) is 5.70. The molecule has 0 fully saturated rings. The Labute approximate surface area is 139 Å². The predicted octanol–water partition coefficient (Wildman–Crippen LogP) is 4.98. The number of rotatable bonds is 3. The van der Waals surface area contributed by atoms with E-state index in [-0.39, 0.29) is 0 Å². The first-order valence-corrected chi connectivity index (χ1v) is 7.73. The molecule has 4 aromatic carbocycles. The summed E-state index contributed by atoms with van der Waals surface area (Å²) in [6, 6.07) is 18.5. The number of benzene rings is 4. The molecule has 0 aliphatic rings. The van der Waals surface area contributed by atoms with Crippen LogP contribution in [0.25, 0.3) is 32.3 Å². The van der Waals surface area contributed by atoms with Crippen LogP contribution in [0.15, 0.2) is 54.6 Å². The molecule has 0 aromatic heterocycles. The minimum atomic E-state index is 0.472. The molecule has 24 heavy (non-hydrogen) atoms. The van der Waals surface area contributed by atoms with Crippen molar-refractivity contribution in [2.75, 3.05) is 14.2 Å².